The molecule has 22 heavy (non-hydrogen) atoms. The number of nitro benzene ring substituents is 1. The molecule has 1 amide bonds. The molecule has 0 saturated carbocycles. The highest BCUT2D eigenvalue weighted by atomic mass is 35.5. The molecule has 1 aromatic rings. The van der Waals surface area contributed by atoms with Gasteiger partial charge < -0.3 is 15.4 Å². The Hall–Kier alpha value is -1.86. The highest BCUT2D eigenvalue weighted by Crippen LogP contribution is 2.25. The fraction of sp³-hybridized carbons (Fsp3) is 0.500. The van der Waals surface area contributed by atoms with Crippen molar-refractivity contribution >= 4 is 24.0 Å². The van der Waals surface area contributed by atoms with Gasteiger partial charge in [-0.3, -0.25) is 14.9 Å². The van der Waals surface area contributed by atoms with Gasteiger partial charge in [0.05, 0.1) is 4.92 Å². The van der Waals surface area contributed by atoms with Crippen LogP contribution in [-0.4, -0.2) is 36.1 Å². The van der Waals surface area contributed by atoms with Crippen molar-refractivity contribution in [1.29, 1.82) is 0 Å². The predicted molar refractivity (Wildman–Crippen MR) is 84.5 cm³/mol. The number of rotatable bonds is 5. The number of ether oxygens (including phenoxy) is 1. The first-order valence-corrected chi connectivity index (χ1v) is 6.95. The third-order valence-electron chi connectivity index (χ3n) is 3.41. The Labute approximate surface area is 135 Å². The highest BCUT2D eigenvalue weighted by molar-refractivity contribution is 5.85. The fourth-order valence-corrected chi connectivity index (χ4v) is 2.41. The highest BCUT2D eigenvalue weighted by Gasteiger charge is 2.20. The Balaban J connectivity index is 0.00000242. The van der Waals surface area contributed by atoms with Crippen LogP contribution in [0.5, 0.6) is 5.75 Å². The normalized spacial score (nSPS) is 20.6. The quantitative estimate of drug-likeness (QED) is 0.633. The van der Waals surface area contributed by atoms with E-state index in [1.54, 1.807) is 12.1 Å². The lowest BCUT2D eigenvalue weighted by molar-refractivity contribution is -0.385. The van der Waals surface area contributed by atoms with Gasteiger partial charge in [-0.2, -0.15) is 0 Å². The van der Waals surface area contributed by atoms with Crippen molar-refractivity contribution in [2.24, 2.45) is 0 Å². The molecule has 2 atom stereocenters. The maximum atomic E-state index is 11.8. The molecule has 2 rings (SSSR count). The van der Waals surface area contributed by atoms with E-state index in [1.807, 2.05) is 0 Å². The van der Waals surface area contributed by atoms with E-state index in [0.717, 1.165) is 19.4 Å². The molecule has 122 valence electrons. The summed E-state index contributed by atoms with van der Waals surface area (Å²) >= 11 is 0. The number of hydrogen-bond donors (Lipinski definition) is 2. The average molecular weight is 330 g/mol. The first kappa shape index (κ1) is 18.2. The number of benzene rings is 1. The van der Waals surface area contributed by atoms with Crippen LogP contribution in [0.15, 0.2) is 24.3 Å². The zero-order valence-corrected chi connectivity index (χ0v) is 13.1. The lowest BCUT2D eigenvalue weighted by atomic mass is 10.0. The van der Waals surface area contributed by atoms with Crippen LogP contribution in [0.4, 0.5) is 5.69 Å². The molecule has 1 aliphatic heterocycles. The number of piperidine rings is 1. The maximum absolute atomic E-state index is 11.8. The van der Waals surface area contributed by atoms with Gasteiger partial charge in [-0.05, 0) is 32.4 Å². The summed E-state index contributed by atoms with van der Waals surface area (Å²) in [6.07, 6.45) is 1.75. The number of carbonyl (C=O) groups excluding carboxylic acids is 1. The molecular formula is C14H20ClN3O4. The number of nitrogens with one attached hydrogen (secondary N) is 2. The second-order valence-corrected chi connectivity index (χ2v) is 5.16. The summed E-state index contributed by atoms with van der Waals surface area (Å²) in [5.74, 6) is -0.149. The van der Waals surface area contributed by atoms with Crippen molar-refractivity contribution in [1.82, 2.24) is 10.6 Å². The van der Waals surface area contributed by atoms with Gasteiger partial charge in [0.2, 0.25) is 0 Å². The van der Waals surface area contributed by atoms with Crippen LogP contribution in [0.2, 0.25) is 0 Å². The summed E-state index contributed by atoms with van der Waals surface area (Å²) in [6, 6.07) is 6.53. The van der Waals surface area contributed by atoms with Gasteiger partial charge in [0, 0.05) is 18.2 Å². The monoisotopic (exact) mass is 329 g/mol. The van der Waals surface area contributed by atoms with Crippen LogP contribution in [0.25, 0.3) is 0 Å². The Kier molecular flexibility index (Phi) is 7.07. The molecule has 1 heterocycles. The van der Waals surface area contributed by atoms with Gasteiger partial charge in [0.1, 0.15) is 0 Å². The van der Waals surface area contributed by atoms with Crippen molar-refractivity contribution < 1.29 is 14.5 Å². The molecular weight excluding hydrogens is 310 g/mol. The molecule has 1 aliphatic rings. The van der Waals surface area contributed by atoms with Gasteiger partial charge in [-0.25, -0.2) is 0 Å². The standard InChI is InChI=1S/C14H19N3O4.ClH/c1-10-8-11(6-7-15-10)16-14(18)9-21-13-5-3-2-4-12(13)17(19)20;/h2-5,10-11,15H,6-9H2,1H3,(H,16,18);1H. The van der Waals surface area contributed by atoms with E-state index in [1.165, 1.54) is 12.1 Å². The molecule has 0 bridgehead atoms. The molecule has 0 spiro atoms. The SMILES string of the molecule is CC1CC(NC(=O)COc2ccccc2[N+](=O)[O-])CCN1.Cl. The molecule has 2 unspecified atom stereocenters. The third kappa shape index (κ3) is 5.16. The number of para-hydroxylation sites is 2. The van der Waals surface area contributed by atoms with Crippen molar-refractivity contribution in [2.75, 3.05) is 13.2 Å². The van der Waals surface area contributed by atoms with Crippen LogP contribution in [0, 0.1) is 10.1 Å². The lowest BCUT2D eigenvalue weighted by Gasteiger charge is -2.28. The topological polar surface area (TPSA) is 93.5 Å². The Bertz CT molecular complexity index is 527. The summed E-state index contributed by atoms with van der Waals surface area (Å²) in [5, 5.41) is 17.0. The molecule has 1 saturated heterocycles. The number of halogens is 1. The molecule has 7 nitrogen and oxygen atoms in total. The smallest absolute Gasteiger partial charge is 0.310 e. The van der Waals surface area contributed by atoms with Gasteiger partial charge in [-0.15, -0.1) is 12.4 Å². The minimum Gasteiger partial charge on any atom is -0.477 e. The fourth-order valence-electron chi connectivity index (χ4n) is 2.41. The summed E-state index contributed by atoms with van der Waals surface area (Å²) in [7, 11) is 0. The summed E-state index contributed by atoms with van der Waals surface area (Å²) < 4.78 is 5.26. The first-order valence-electron chi connectivity index (χ1n) is 6.95. The number of hydrogen-bond acceptors (Lipinski definition) is 5. The second-order valence-electron chi connectivity index (χ2n) is 5.16. The van der Waals surface area contributed by atoms with E-state index >= 15 is 0 Å². The first-order chi connectivity index (χ1) is 10.1. The zero-order chi connectivity index (χ0) is 15.2. The number of nitro groups is 1. The molecule has 1 fully saturated rings. The van der Waals surface area contributed by atoms with Crippen molar-refractivity contribution in [3.8, 4) is 5.75 Å². The average Bonchev–Trinajstić information content (AvgIpc) is 2.45. The van der Waals surface area contributed by atoms with Gasteiger partial charge in [0.15, 0.2) is 12.4 Å². The molecule has 0 aliphatic carbocycles. The van der Waals surface area contributed by atoms with E-state index in [4.69, 9.17) is 4.74 Å². The molecule has 1 aromatic carbocycles. The number of amides is 1. The zero-order valence-electron chi connectivity index (χ0n) is 12.3. The Morgan fingerprint density at radius 3 is 2.91 bits per heavy atom. The lowest BCUT2D eigenvalue weighted by Crippen LogP contribution is -2.47. The summed E-state index contributed by atoms with van der Waals surface area (Å²) in [4.78, 5) is 22.2. The number of carbonyl (C=O) groups is 1. The summed E-state index contributed by atoms with van der Waals surface area (Å²) in [5.41, 5.74) is -0.138. The van der Waals surface area contributed by atoms with E-state index in [9.17, 15) is 14.9 Å². The van der Waals surface area contributed by atoms with Crippen molar-refractivity contribution in [2.45, 2.75) is 31.8 Å². The number of nitrogens with zero attached hydrogens (tertiary/aromatic N) is 1. The van der Waals surface area contributed by atoms with E-state index in [2.05, 4.69) is 17.6 Å². The van der Waals surface area contributed by atoms with Crippen LogP contribution in [0.3, 0.4) is 0 Å². The largest absolute Gasteiger partial charge is 0.477 e. The van der Waals surface area contributed by atoms with Crippen LogP contribution in [0.1, 0.15) is 19.8 Å². The van der Waals surface area contributed by atoms with Crippen LogP contribution < -0.4 is 15.4 Å². The summed E-state index contributed by atoms with van der Waals surface area (Å²) in [6.45, 7) is 2.72. The molecule has 0 radical (unpaired) electrons. The molecule has 0 aromatic heterocycles. The predicted octanol–water partition coefficient (Wildman–Crippen LogP) is 1.65. The molecule has 8 heteroatoms. The van der Waals surface area contributed by atoms with E-state index in [0.29, 0.717) is 6.04 Å². The van der Waals surface area contributed by atoms with Gasteiger partial charge >= 0.3 is 5.69 Å². The maximum Gasteiger partial charge on any atom is 0.310 e. The van der Waals surface area contributed by atoms with Gasteiger partial charge in [-0.1, -0.05) is 12.1 Å². The Morgan fingerprint density at radius 2 is 2.23 bits per heavy atom. The Morgan fingerprint density at radius 1 is 1.50 bits per heavy atom. The van der Waals surface area contributed by atoms with E-state index in [-0.39, 0.29) is 42.4 Å². The minimum absolute atomic E-state index is 0. The minimum atomic E-state index is -0.526. The van der Waals surface area contributed by atoms with E-state index < -0.39 is 4.92 Å². The third-order valence-corrected chi connectivity index (χ3v) is 3.41. The van der Waals surface area contributed by atoms with Crippen molar-refractivity contribution in [3.05, 3.63) is 34.4 Å². The molecule has 2 N–H and O–H groups in total. The van der Waals surface area contributed by atoms with Crippen molar-refractivity contribution in [3.63, 3.8) is 0 Å². The van der Waals surface area contributed by atoms with Gasteiger partial charge in [0.25, 0.3) is 5.91 Å². The van der Waals surface area contributed by atoms with Crippen LogP contribution >= 0.6 is 12.4 Å². The van der Waals surface area contributed by atoms with Crippen LogP contribution in [-0.2, 0) is 4.79 Å². The second kappa shape index (κ2) is 8.55.